The van der Waals surface area contributed by atoms with Crippen molar-refractivity contribution in [3.8, 4) is 0 Å². The highest BCUT2D eigenvalue weighted by molar-refractivity contribution is 7.92. The maximum atomic E-state index is 12.8. The molecular formula is C21H19F3N2O4S. The maximum absolute atomic E-state index is 12.8. The summed E-state index contributed by atoms with van der Waals surface area (Å²) in [5.41, 5.74) is -3.62. The SMILES string of the molecule is O=C1CC[C@H](/C=C(/c2ccc(S(=O)(=O)C(F)(F)F)cc2)c2ccc(C3CC3)c(=O)[nH]2)N1. The van der Waals surface area contributed by atoms with E-state index in [1.165, 1.54) is 12.1 Å². The molecule has 164 valence electrons. The summed E-state index contributed by atoms with van der Waals surface area (Å²) in [6.07, 6.45) is 4.50. The minimum Gasteiger partial charge on any atom is -0.350 e. The number of pyridine rings is 1. The minimum atomic E-state index is -5.46. The number of aromatic amines is 1. The van der Waals surface area contributed by atoms with Crippen LogP contribution in [0.25, 0.3) is 5.57 Å². The third kappa shape index (κ3) is 4.30. The molecule has 10 heteroatoms. The zero-order chi connectivity index (χ0) is 22.4. The average molecular weight is 452 g/mol. The molecule has 2 heterocycles. The Morgan fingerprint density at radius 3 is 2.19 bits per heavy atom. The average Bonchev–Trinajstić information content (AvgIpc) is 3.46. The molecule has 6 nitrogen and oxygen atoms in total. The van der Waals surface area contributed by atoms with E-state index in [0.717, 1.165) is 25.0 Å². The number of alkyl halides is 3. The van der Waals surface area contributed by atoms with E-state index >= 15 is 0 Å². The van der Waals surface area contributed by atoms with Gasteiger partial charge in [-0.25, -0.2) is 8.42 Å². The fourth-order valence-electron chi connectivity index (χ4n) is 3.61. The Kier molecular flexibility index (Phi) is 5.28. The number of H-pyrrole nitrogens is 1. The molecule has 1 amide bonds. The lowest BCUT2D eigenvalue weighted by Crippen LogP contribution is -2.24. The number of carbonyl (C=O) groups is 1. The van der Waals surface area contributed by atoms with Crippen LogP contribution < -0.4 is 10.9 Å². The fraction of sp³-hybridized carbons (Fsp3) is 0.333. The van der Waals surface area contributed by atoms with Crippen LogP contribution in [0.2, 0.25) is 0 Å². The third-order valence-electron chi connectivity index (χ3n) is 5.42. The van der Waals surface area contributed by atoms with Gasteiger partial charge in [0.05, 0.1) is 4.90 Å². The maximum Gasteiger partial charge on any atom is 0.501 e. The highest BCUT2D eigenvalue weighted by Crippen LogP contribution is 2.38. The van der Waals surface area contributed by atoms with Gasteiger partial charge in [0.25, 0.3) is 15.4 Å². The molecule has 2 fully saturated rings. The number of aromatic nitrogens is 1. The molecule has 0 radical (unpaired) electrons. The van der Waals surface area contributed by atoms with Gasteiger partial charge in [-0.05, 0) is 48.9 Å². The van der Waals surface area contributed by atoms with Gasteiger partial charge in [0.1, 0.15) is 0 Å². The Hall–Kier alpha value is -2.88. The van der Waals surface area contributed by atoms with Gasteiger partial charge in [0.2, 0.25) is 5.91 Å². The Balaban J connectivity index is 1.75. The number of hydrogen-bond donors (Lipinski definition) is 2. The second kappa shape index (κ2) is 7.67. The molecule has 0 bridgehead atoms. The second-order valence-corrected chi connectivity index (χ2v) is 9.64. The van der Waals surface area contributed by atoms with E-state index in [1.54, 1.807) is 18.2 Å². The molecule has 1 aromatic heterocycles. The Morgan fingerprint density at radius 2 is 1.68 bits per heavy atom. The van der Waals surface area contributed by atoms with Gasteiger partial charge in [-0.3, -0.25) is 9.59 Å². The van der Waals surface area contributed by atoms with Crippen molar-refractivity contribution in [3.63, 3.8) is 0 Å². The molecule has 1 saturated carbocycles. The first kappa shape index (κ1) is 21.4. The van der Waals surface area contributed by atoms with Crippen molar-refractivity contribution in [1.82, 2.24) is 10.3 Å². The molecule has 1 aliphatic heterocycles. The lowest BCUT2D eigenvalue weighted by molar-refractivity contribution is -0.119. The van der Waals surface area contributed by atoms with Crippen molar-refractivity contribution in [3.05, 3.63) is 69.6 Å². The van der Waals surface area contributed by atoms with Gasteiger partial charge in [0, 0.05) is 29.3 Å². The zero-order valence-corrected chi connectivity index (χ0v) is 17.0. The molecule has 1 aromatic carbocycles. The van der Waals surface area contributed by atoms with Crippen molar-refractivity contribution < 1.29 is 26.4 Å². The van der Waals surface area contributed by atoms with Gasteiger partial charge >= 0.3 is 5.51 Å². The van der Waals surface area contributed by atoms with E-state index in [4.69, 9.17) is 0 Å². The summed E-state index contributed by atoms with van der Waals surface area (Å²) in [4.78, 5) is 26.0. The number of carbonyl (C=O) groups excluding carboxylic acids is 1. The predicted molar refractivity (Wildman–Crippen MR) is 107 cm³/mol. The largest absolute Gasteiger partial charge is 0.501 e. The van der Waals surface area contributed by atoms with Crippen LogP contribution in [0.15, 0.2) is 52.2 Å². The highest BCUT2D eigenvalue weighted by atomic mass is 32.2. The van der Waals surface area contributed by atoms with Gasteiger partial charge in [-0.2, -0.15) is 13.2 Å². The second-order valence-electron chi connectivity index (χ2n) is 7.70. The van der Waals surface area contributed by atoms with Crippen LogP contribution in [0.4, 0.5) is 13.2 Å². The molecule has 0 spiro atoms. The van der Waals surface area contributed by atoms with Crippen molar-refractivity contribution in [2.24, 2.45) is 0 Å². The molecule has 2 aromatic rings. The summed E-state index contributed by atoms with van der Waals surface area (Å²) in [6, 6.07) is 7.43. The first-order chi connectivity index (χ1) is 14.6. The Morgan fingerprint density at radius 1 is 1.00 bits per heavy atom. The van der Waals surface area contributed by atoms with Crippen LogP contribution in [-0.4, -0.2) is 30.9 Å². The zero-order valence-electron chi connectivity index (χ0n) is 16.2. The molecular weight excluding hydrogens is 433 g/mol. The van der Waals surface area contributed by atoms with Crippen LogP contribution in [-0.2, 0) is 14.6 Å². The highest BCUT2D eigenvalue weighted by Gasteiger charge is 2.46. The molecule has 2 N–H and O–H groups in total. The quantitative estimate of drug-likeness (QED) is 0.728. The number of amides is 1. The Bertz CT molecular complexity index is 1210. The summed E-state index contributed by atoms with van der Waals surface area (Å²) in [6.45, 7) is 0. The molecule has 31 heavy (non-hydrogen) atoms. The smallest absolute Gasteiger partial charge is 0.350 e. The monoisotopic (exact) mass is 452 g/mol. The van der Waals surface area contributed by atoms with Crippen molar-refractivity contribution in [1.29, 1.82) is 0 Å². The molecule has 1 atom stereocenters. The summed E-state index contributed by atoms with van der Waals surface area (Å²) >= 11 is 0. The van der Waals surface area contributed by atoms with Crippen LogP contribution in [0, 0.1) is 0 Å². The van der Waals surface area contributed by atoms with Gasteiger partial charge < -0.3 is 10.3 Å². The van der Waals surface area contributed by atoms with Crippen LogP contribution in [0.3, 0.4) is 0 Å². The van der Waals surface area contributed by atoms with Gasteiger partial charge in [-0.1, -0.05) is 24.3 Å². The standard InChI is InChI=1S/C21H19F3N2O4S/c22-21(23,24)31(29,30)15-6-3-13(4-7-15)17(11-14-5-10-19(27)25-14)18-9-8-16(12-1-2-12)20(28)26-18/h3-4,6-9,11-12,14H,1-2,5,10H2,(H,25,27)(H,26,28)/b17-11-/t14-/m1/s1. The third-order valence-corrected chi connectivity index (χ3v) is 6.93. The number of halogens is 3. The fourth-order valence-corrected chi connectivity index (χ4v) is 4.37. The number of benzene rings is 1. The van der Waals surface area contributed by atoms with E-state index < -0.39 is 20.2 Å². The van der Waals surface area contributed by atoms with E-state index in [0.29, 0.717) is 35.2 Å². The van der Waals surface area contributed by atoms with Crippen molar-refractivity contribution in [2.75, 3.05) is 0 Å². The van der Waals surface area contributed by atoms with E-state index in [-0.39, 0.29) is 23.4 Å². The van der Waals surface area contributed by atoms with E-state index in [2.05, 4.69) is 10.3 Å². The number of rotatable bonds is 5. The molecule has 0 unspecified atom stereocenters. The first-order valence-corrected chi connectivity index (χ1v) is 11.2. The van der Waals surface area contributed by atoms with Crippen LogP contribution in [0.5, 0.6) is 0 Å². The number of hydrogen-bond acceptors (Lipinski definition) is 4. The molecule has 4 rings (SSSR count). The van der Waals surface area contributed by atoms with Crippen LogP contribution in [0.1, 0.15) is 48.4 Å². The van der Waals surface area contributed by atoms with Crippen molar-refractivity contribution in [2.45, 2.75) is 48.0 Å². The molecule has 1 aliphatic carbocycles. The number of nitrogens with one attached hydrogen (secondary N) is 2. The summed E-state index contributed by atoms with van der Waals surface area (Å²) in [5, 5.41) is 2.78. The lowest BCUT2D eigenvalue weighted by atomic mass is 9.98. The Labute approximate surface area is 176 Å². The summed E-state index contributed by atoms with van der Waals surface area (Å²) in [7, 11) is -5.46. The van der Waals surface area contributed by atoms with E-state index in [1.807, 2.05) is 0 Å². The van der Waals surface area contributed by atoms with Gasteiger partial charge in [-0.15, -0.1) is 0 Å². The predicted octanol–water partition coefficient (Wildman–Crippen LogP) is 3.26. The number of sulfone groups is 1. The minimum absolute atomic E-state index is 0.121. The normalized spacial score (nSPS) is 20.0. The van der Waals surface area contributed by atoms with Gasteiger partial charge in [0.15, 0.2) is 0 Å². The molecule has 1 saturated heterocycles. The van der Waals surface area contributed by atoms with E-state index in [9.17, 15) is 31.2 Å². The van der Waals surface area contributed by atoms with Crippen LogP contribution >= 0.6 is 0 Å². The first-order valence-electron chi connectivity index (χ1n) is 9.73. The molecule has 2 aliphatic rings. The topological polar surface area (TPSA) is 96.1 Å². The lowest BCUT2D eigenvalue weighted by Gasteiger charge is -2.14. The van der Waals surface area contributed by atoms with Crippen molar-refractivity contribution >= 4 is 21.3 Å². The summed E-state index contributed by atoms with van der Waals surface area (Å²) < 4.78 is 61.7. The summed E-state index contributed by atoms with van der Waals surface area (Å²) in [5.74, 6) is 0.121.